The van der Waals surface area contributed by atoms with Gasteiger partial charge in [-0.3, -0.25) is 0 Å². The summed E-state index contributed by atoms with van der Waals surface area (Å²) in [4.78, 5) is 0. The van der Waals surface area contributed by atoms with Gasteiger partial charge in [0, 0.05) is 0 Å². The van der Waals surface area contributed by atoms with E-state index in [1.165, 1.54) is 0 Å². The summed E-state index contributed by atoms with van der Waals surface area (Å²) in [5, 5.41) is 20.1. The molecular weight excluding hydrogens is 188 g/mol. The van der Waals surface area contributed by atoms with E-state index in [9.17, 15) is 10.2 Å². The second kappa shape index (κ2) is 4.49. The summed E-state index contributed by atoms with van der Waals surface area (Å²) in [5.74, 6) is 0.209. The van der Waals surface area contributed by atoms with Gasteiger partial charge in [-0.15, -0.1) is 13.2 Å². The number of hydrogen-bond acceptors (Lipinski definition) is 2. The van der Waals surface area contributed by atoms with Crippen LogP contribution < -0.4 is 0 Å². The molecule has 0 aromatic heterocycles. The largest absolute Gasteiger partial charge is 0.512 e. The van der Waals surface area contributed by atoms with Crippen LogP contribution in [-0.2, 0) is 0 Å². The van der Waals surface area contributed by atoms with Crippen LogP contribution in [0.4, 0.5) is 0 Å². The van der Waals surface area contributed by atoms with Gasteiger partial charge in [-0.1, -0.05) is 18.2 Å². The third-order valence-corrected chi connectivity index (χ3v) is 2.99. The average Bonchev–Trinajstić information content (AvgIpc) is 2.22. The second-order valence-corrected chi connectivity index (χ2v) is 4.01. The summed E-state index contributed by atoms with van der Waals surface area (Å²) >= 11 is 0. The zero-order chi connectivity index (χ0) is 11.5. The van der Waals surface area contributed by atoms with Gasteiger partial charge in [0.1, 0.15) is 5.76 Å². The van der Waals surface area contributed by atoms with Crippen molar-refractivity contribution in [3.8, 4) is 0 Å². The highest BCUT2D eigenvalue weighted by Gasteiger charge is 2.42. The van der Waals surface area contributed by atoms with Crippen LogP contribution in [0.15, 0.2) is 48.8 Å². The van der Waals surface area contributed by atoms with E-state index in [0.717, 1.165) is 5.57 Å². The molecule has 0 heterocycles. The van der Waals surface area contributed by atoms with E-state index >= 15 is 0 Å². The molecule has 0 aromatic rings. The van der Waals surface area contributed by atoms with Crippen molar-refractivity contribution in [2.45, 2.75) is 25.9 Å². The molecule has 0 bridgehead atoms. The van der Waals surface area contributed by atoms with Gasteiger partial charge in [-0.05, 0) is 31.4 Å². The standard InChI is InChI=1S/C13H18O2/c1-4-8-13(9-5-2)11(14)7-6-10(3)12(13)15/h4-7,12,14-15H,1-2,8-9H2,3H3. The molecule has 0 aliphatic heterocycles. The molecule has 0 saturated heterocycles. The van der Waals surface area contributed by atoms with Crippen molar-refractivity contribution in [2.75, 3.05) is 0 Å². The molecule has 2 nitrogen and oxygen atoms in total. The van der Waals surface area contributed by atoms with Crippen molar-refractivity contribution in [3.05, 3.63) is 48.8 Å². The maximum absolute atomic E-state index is 10.2. The van der Waals surface area contributed by atoms with Crippen LogP contribution in [0.2, 0.25) is 0 Å². The summed E-state index contributed by atoms with van der Waals surface area (Å²) < 4.78 is 0. The fraction of sp³-hybridized carbons (Fsp3) is 0.385. The Balaban J connectivity index is 3.15. The van der Waals surface area contributed by atoms with Crippen LogP contribution >= 0.6 is 0 Å². The van der Waals surface area contributed by atoms with Gasteiger partial charge < -0.3 is 10.2 Å². The average molecular weight is 206 g/mol. The first-order valence-corrected chi connectivity index (χ1v) is 5.06. The van der Waals surface area contributed by atoms with Crippen LogP contribution in [0.1, 0.15) is 19.8 Å². The van der Waals surface area contributed by atoms with Gasteiger partial charge in [0.05, 0.1) is 11.5 Å². The zero-order valence-electron chi connectivity index (χ0n) is 9.11. The maximum atomic E-state index is 10.2. The molecule has 0 spiro atoms. The first kappa shape index (κ1) is 11.8. The lowest BCUT2D eigenvalue weighted by Gasteiger charge is -2.38. The monoisotopic (exact) mass is 206 g/mol. The van der Waals surface area contributed by atoms with Gasteiger partial charge in [0.25, 0.3) is 0 Å². The molecular formula is C13H18O2. The Morgan fingerprint density at radius 2 is 1.87 bits per heavy atom. The minimum Gasteiger partial charge on any atom is -0.512 e. The lowest BCUT2D eigenvalue weighted by atomic mass is 9.70. The van der Waals surface area contributed by atoms with E-state index in [1.54, 1.807) is 24.3 Å². The van der Waals surface area contributed by atoms with Crippen molar-refractivity contribution in [3.63, 3.8) is 0 Å². The molecule has 1 aliphatic carbocycles. The topological polar surface area (TPSA) is 40.5 Å². The Morgan fingerprint density at radius 1 is 1.33 bits per heavy atom. The summed E-state index contributed by atoms with van der Waals surface area (Å²) in [7, 11) is 0. The van der Waals surface area contributed by atoms with Crippen molar-refractivity contribution in [2.24, 2.45) is 5.41 Å². The number of rotatable bonds is 4. The van der Waals surface area contributed by atoms with Gasteiger partial charge >= 0.3 is 0 Å². The molecule has 2 N–H and O–H groups in total. The zero-order valence-corrected chi connectivity index (χ0v) is 9.11. The quantitative estimate of drug-likeness (QED) is 0.694. The SMILES string of the molecule is C=CCC1(CC=C)C(O)=CC=C(C)C1O. The Morgan fingerprint density at radius 3 is 2.33 bits per heavy atom. The Labute approximate surface area is 90.9 Å². The fourth-order valence-electron chi connectivity index (χ4n) is 2.07. The Hall–Kier alpha value is -1.28. The Kier molecular flexibility index (Phi) is 3.53. The van der Waals surface area contributed by atoms with E-state index in [0.29, 0.717) is 12.8 Å². The lowest BCUT2D eigenvalue weighted by molar-refractivity contribution is 0.0476. The molecule has 1 aliphatic rings. The molecule has 1 atom stereocenters. The van der Waals surface area contributed by atoms with E-state index in [1.807, 2.05) is 6.92 Å². The third kappa shape index (κ3) is 1.90. The minimum atomic E-state index is -0.668. The van der Waals surface area contributed by atoms with E-state index in [2.05, 4.69) is 13.2 Å². The highest BCUT2D eigenvalue weighted by Crippen LogP contribution is 2.43. The molecule has 0 saturated carbocycles. The molecule has 0 aromatic carbocycles. The molecule has 0 fully saturated rings. The van der Waals surface area contributed by atoms with E-state index in [4.69, 9.17) is 0 Å². The molecule has 82 valence electrons. The van der Waals surface area contributed by atoms with Crippen LogP contribution in [0.5, 0.6) is 0 Å². The molecule has 2 heteroatoms. The molecule has 15 heavy (non-hydrogen) atoms. The van der Waals surface area contributed by atoms with Crippen LogP contribution in [0, 0.1) is 5.41 Å². The van der Waals surface area contributed by atoms with Crippen LogP contribution in [-0.4, -0.2) is 16.3 Å². The second-order valence-electron chi connectivity index (χ2n) is 4.01. The number of allylic oxidation sites excluding steroid dienone is 4. The van der Waals surface area contributed by atoms with Gasteiger partial charge in [-0.25, -0.2) is 0 Å². The van der Waals surface area contributed by atoms with Gasteiger partial charge in [0.15, 0.2) is 0 Å². The van der Waals surface area contributed by atoms with Crippen molar-refractivity contribution >= 4 is 0 Å². The van der Waals surface area contributed by atoms with Gasteiger partial charge in [0.2, 0.25) is 0 Å². The summed E-state index contributed by atoms with van der Waals surface area (Å²) in [6.45, 7) is 9.20. The normalized spacial score (nSPS) is 24.0. The number of aliphatic hydroxyl groups excluding tert-OH is 2. The van der Waals surface area contributed by atoms with E-state index in [-0.39, 0.29) is 5.76 Å². The number of hydrogen-bond donors (Lipinski definition) is 2. The third-order valence-electron chi connectivity index (χ3n) is 2.99. The first-order valence-electron chi connectivity index (χ1n) is 5.06. The number of aliphatic hydroxyl groups is 2. The summed E-state index contributed by atoms with van der Waals surface area (Å²) in [6.07, 6.45) is 7.23. The Bertz CT molecular complexity index is 313. The minimum absolute atomic E-state index is 0.209. The lowest BCUT2D eigenvalue weighted by Crippen LogP contribution is -2.39. The van der Waals surface area contributed by atoms with E-state index < -0.39 is 11.5 Å². The smallest absolute Gasteiger partial charge is 0.102 e. The molecule has 0 amide bonds. The first-order chi connectivity index (χ1) is 7.08. The molecule has 1 rings (SSSR count). The highest BCUT2D eigenvalue weighted by atomic mass is 16.3. The molecule has 0 radical (unpaired) electrons. The van der Waals surface area contributed by atoms with Crippen molar-refractivity contribution in [1.29, 1.82) is 0 Å². The van der Waals surface area contributed by atoms with Gasteiger partial charge in [-0.2, -0.15) is 0 Å². The summed E-state index contributed by atoms with van der Waals surface area (Å²) in [5.41, 5.74) is 0.194. The van der Waals surface area contributed by atoms with Crippen LogP contribution in [0.25, 0.3) is 0 Å². The van der Waals surface area contributed by atoms with Crippen molar-refractivity contribution in [1.82, 2.24) is 0 Å². The van der Waals surface area contributed by atoms with Crippen LogP contribution in [0.3, 0.4) is 0 Å². The maximum Gasteiger partial charge on any atom is 0.102 e. The summed E-state index contributed by atoms with van der Waals surface area (Å²) in [6, 6.07) is 0. The highest BCUT2D eigenvalue weighted by molar-refractivity contribution is 5.32. The predicted molar refractivity (Wildman–Crippen MR) is 62.5 cm³/mol. The molecule has 1 unspecified atom stereocenters. The van der Waals surface area contributed by atoms with Crippen molar-refractivity contribution < 1.29 is 10.2 Å². The predicted octanol–water partition coefficient (Wildman–Crippen LogP) is 2.89. The fourth-order valence-corrected chi connectivity index (χ4v) is 2.07.